The topological polar surface area (TPSA) is 53.6 Å². The molecule has 0 saturated carbocycles. The summed E-state index contributed by atoms with van der Waals surface area (Å²) in [6, 6.07) is 2.08. The molecule has 15 heavy (non-hydrogen) atoms. The highest BCUT2D eigenvalue weighted by molar-refractivity contribution is 5.70. The quantitative estimate of drug-likeness (QED) is 0.740. The molecule has 2 aromatic rings. The van der Waals surface area contributed by atoms with E-state index < -0.39 is 0 Å². The van der Waals surface area contributed by atoms with Gasteiger partial charge in [0.15, 0.2) is 5.65 Å². The lowest BCUT2D eigenvalue weighted by molar-refractivity contribution is 0.708. The maximum atomic E-state index is 4.43. The number of nitrogens with zero attached hydrogens (tertiary/aromatic N) is 2. The highest BCUT2D eigenvalue weighted by Crippen LogP contribution is 2.10. The van der Waals surface area contributed by atoms with Crippen molar-refractivity contribution in [1.82, 2.24) is 20.3 Å². The standard InChI is InChI=1S/C11H16N4/c1-8-6-9-11(13-7-8)15-10(14-9)4-3-5-12-2/h6-7,12H,3-5H2,1-2H3,(H,13,14,15). The van der Waals surface area contributed by atoms with E-state index in [0.29, 0.717) is 0 Å². The lowest BCUT2D eigenvalue weighted by Gasteiger charge is -1.95. The van der Waals surface area contributed by atoms with Gasteiger partial charge in [-0.3, -0.25) is 0 Å². The summed E-state index contributed by atoms with van der Waals surface area (Å²) in [7, 11) is 1.96. The second-order valence-electron chi connectivity index (χ2n) is 3.77. The summed E-state index contributed by atoms with van der Waals surface area (Å²) >= 11 is 0. The van der Waals surface area contributed by atoms with Crippen LogP contribution in [0.4, 0.5) is 0 Å². The minimum atomic E-state index is 0.819. The van der Waals surface area contributed by atoms with E-state index in [-0.39, 0.29) is 0 Å². The van der Waals surface area contributed by atoms with Gasteiger partial charge >= 0.3 is 0 Å². The minimum absolute atomic E-state index is 0.819. The Balaban J connectivity index is 2.16. The van der Waals surface area contributed by atoms with Crippen LogP contribution in [0.3, 0.4) is 0 Å². The van der Waals surface area contributed by atoms with Gasteiger partial charge in [-0.1, -0.05) is 0 Å². The van der Waals surface area contributed by atoms with Crippen molar-refractivity contribution in [3.05, 3.63) is 23.7 Å². The number of aryl methyl sites for hydroxylation is 2. The van der Waals surface area contributed by atoms with Crippen molar-refractivity contribution in [2.24, 2.45) is 0 Å². The first kappa shape index (κ1) is 10.1. The van der Waals surface area contributed by atoms with Crippen LogP contribution in [0.2, 0.25) is 0 Å². The molecule has 0 atom stereocenters. The molecule has 0 saturated heterocycles. The van der Waals surface area contributed by atoms with Gasteiger partial charge in [0.1, 0.15) is 5.82 Å². The van der Waals surface area contributed by atoms with Crippen molar-refractivity contribution in [3.63, 3.8) is 0 Å². The fourth-order valence-electron chi connectivity index (χ4n) is 1.61. The van der Waals surface area contributed by atoms with E-state index in [2.05, 4.69) is 26.3 Å². The SMILES string of the molecule is CNCCCc1nc2ncc(C)cc2[nH]1. The third-order valence-electron chi connectivity index (χ3n) is 2.36. The van der Waals surface area contributed by atoms with Gasteiger partial charge in [-0.15, -0.1) is 0 Å². The molecule has 0 unspecified atom stereocenters. The van der Waals surface area contributed by atoms with E-state index in [1.165, 1.54) is 0 Å². The molecule has 0 fully saturated rings. The zero-order chi connectivity index (χ0) is 10.7. The summed E-state index contributed by atoms with van der Waals surface area (Å²) in [4.78, 5) is 12.0. The lowest BCUT2D eigenvalue weighted by Crippen LogP contribution is -2.08. The number of aromatic amines is 1. The van der Waals surface area contributed by atoms with Crippen molar-refractivity contribution in [3.8, 4) is 0 Å². The number of H-pyrrole nitrogens is 1. The summed E-state index contributed by atoms with van der Waals surface area (Å²) in [6.45, 7) is 3.05. The Morgan fingerprint density at radius 3 is 3.13 bits per heavy atom. The van der Waals surface area contributed by atoms with Crippen LogP contribution in [0.5, 0.6) is 0 Å². The molecular formula is C11H16N4. The van der Waals surface area contributed by atoms with Gasteiger partial charge in [-0.2, -0.15) is 0 Å². The first-order chi connectivity index (χ1) is 7.29. The van der Waals surface area contributed by atoms with Crippen molar-refractivity contribution < 1.29 is 0 Å². The van der Waals surface area contributed by atoms with Crippen LogP contribution in [0.1, 0.15) is 17.8 Å². The van der Waals surface area contributed by atoms with Gasteiger partial charge in [-0.05, 0) is 38.6 Å². The predicted octanol–water partition coefficient (Wildman–Crippen LogP) is 1.42. The van der Waals surface area contributed by atoms with E-state index in [0.717, 1.165) is 41.9 Å². The fourth-order valence-corrected chi connectivity index (χ4v) is 1.61. The molecule has 0 aliphatic rings. The first-order valence-corrected chi connectivity index (χ1v) is 5.25. The number of pyridine rings is 1. The highest BCUT2D eigenvalue weighted by atomic mass is 15.0. The first-order valence-electron chi connectivity index (χ1n) is 5.25. The molecule has 0 bridgehead atoms. The molecule has 0 amide bonds. The molecule has 2 rings (SSSR count). The van der Waals surface area contributed by atoms with Crippen LogP contribution < -0.4 is 5.32 Å². The van der Waals surface area contributed by atoms with E-state index in [9.17, 15) is 0 Å². The molecule has 2 N–H and O–H groups in total. The van der Waals surface area contributed by atoms with Crippen molar-refractivity contribution >= 4 is 11.2 Å². The van der Waals surface area contributed by atoms with Crippen molar-refractivity contribution in [1.29, 1.82) is 0 Å². The average Bonchev–Trinajstić information content (AvgIpc) is 2.60. The normalized spacial score (nSPS) is 11.1. The van der Waals surface area contributed by atoms with Gasteiger partial charge in [0.2, 0.25) is 0 Å². The Kier molecular flexibility index (Phi) is 2.97. The van der Waals surface area contributed by atoms with E-state index in [4.69, 9.17) is 0 Å². The Labute approximate surface area is 89.1 Å². The Morgan fingerprint density at radius 2 is 2.33 bits per heavy atom. The molecule has 0 spiro atoms. The highest BCUT2D eigenvalue weighted by Gasteiger charge is 2.03. The second kappa shape index (κ2) is 4.40. The van der Waals surface area contributed by atoms with Gasteiger partial charge in [0, 0.05) is 12.6 Å². The van der Waals surface area contributed by atoms with E-state index in [1.54, 1.807) is 0 Å². The average molecular weight is 204 g/mol. The molecule has 0 aliphatic carbocycles. The molecular weight excluding hydrogens is 188 g/mol. The molecule has 2 heterocycles. The monoisotopic (exact) mass is 204 g/mol. The number of rotatable bonds is 4. The van der Waals surface area contributed by atoms with Crippen LogP contribution >= 0.6 is 0 Å². The predicted molar refractivity (Wildman–Crippen MR) is 60.9 cm³/mol. The summed E-state index contributed by atoms with van der Waals surface area (Å²) < 4.78 is 0. The smallest absolute Gasteiger partial charge is 0.177 e. The van der Waals surface area contributed by atoms with Crippen molar-refractivity contribution in [2.45, 2.75) is 19.8 Å². The van der Waals surface area contributed by atoms with Crippen LogP contribution in [0.15, 0.2) is 12.3 Å². The number of fused-ring (bicyclic) bond motifs is 1. The summed E-state index contributed by atoms with van der Waals surface area (Å²) in [5, 5.41) is 3.12. The Hall–Kier alpha value is -1.42. The van der Waals surface area contributed by atoms with Gasteiger partial charge in [0.05, 0.1) is 5.52 Å². The lowest BCUT2D eigenvalue weighted by atomic mass is 10.3. The molecule has 4 nitrogen and oxygen atoms in total. The van der Waals surface area contributed by atoms with Crippen LogP contribution in [-0.2, 0) is 6.42 Å². The Morgan fingerprint density at radius 1 is 1.47 bits per heavy atom. The number of imidazole rings is 1. The molecule has 0 radical (unpaired) electrons. The van der Waals surface area contributed by atoms with E-state index in [1.807, 2.05) is 20.2 Å². The number of nitrogens with one attached hydrogen (secondary N) is 2. The maximum absolute atomic E-state index is 4.43. The fraction of sp³-hybridized carbons (Fsp3) is 0.455. The van der Waals surface area contributed by atoms with Crippen LogP contribution in [0.25, 0.3) is 11.2 Å². The summed E-state index contributed by atoms with van der Waals surface area (Å²) in [5.41, 5.74) is 3.02. The maximum Gasteiger partial charge on any atom is 0.177 e. The molecule has 4 heteroatoms. The zero-order valence-corrected chi connectivity index (χ0v) is 9.17. The number of aromatic nitrogens is 3. The van der Waals surface area contributed by atoms with Crippen molar-refractivity contribution in [2.75, 3.05) is 13.6 Å². The summed E-state index contributed by atoms with van der Waals surface area (Å²) in [5.74, 6) is 1.03. The largest absolute Gasteiger partial charge is 0.341 e. The number of hydrogen-bond acceptors (Lipinski definition) is 3. The Bertz CT molecular complexity index is 447. The van der Waals surface area contributed by atoms with Crippen LogP contribution in [0, 0.1) is 6.92 Å². The zero-order valence-electron chi connectivity index (χ0n) is 9.17. The molecule has 2 aromatic heterocycles. The van der Waals surface area contributed by atoms with Crippen LogP contribution in [-0.4, -0.2) is 28.5 Å². The van der Waals surface area contributed by atoms with Gasteiger partial charge < -0.3 is 10.3 Å². The van der Waals surface area contributed by atoms with Gasteiger partial charge in [0.25, 0.3) is 0 Å². The van der Waals surface area contributed by atoms with Gasteiger partial charge in [-0.25, -0.2) is 9.97 Å². The molecule has 0 aliphatic heterocycles. The van der Waals surface area contributed by atoms with E-state index >= 15 is 0 Å². The minimum Gasteiger partial charge on any atom is -0.341 e. The molecule has 80 valence electrons. The second-order valence-corrected chi connectivity index (χ2v) is 3.77. The third-order valence-corrected chi connectivity index (χ3v) is 2.36. The molecule has 0 aromatic carbocycles. The summed E-state index contributed by atoms with van der Waals surface area (Å²) in [6.07, 6.45) is 3.91. The number of hydrogen-bond donors (Lipinski definition) is 2. The third kappa shape index (κ3) is 2.33.